The highest BCUT2D eigenvalue weighted by molar-refractivity contribution is 5.89. The van der Waals surface area contributed by atoms with Crippen LogP contribution in [0, 0.1) is 5.82 Å². The summed E-state index contributed by atoms with van der Waals surface area (Å²) >= 11 is 0. The number of hydrogen-bond acceptors (Lipinski definition) is 1. The van der Waals surface area contributed by atoms with Gasteiger partial charge in [0.05, 0.1) is 6.61 Å². The summed E-state index contributed by atoms with van der Waals surface area (Å²) in [4.78, 5) is 0. The minimum absolute atomic E-state index is 0.362. The molecule has 3 aromatic rings. The number of rotatable bonds is 4. The molecule has 0 radical (unpaired) electrons. The first-order valence-corrected chi connectivity index (χ1v) is 7.56. The van der Waals surface area contributed by atoms with E-state index in [0.717, 1.165) is 22.4 Å². The molecule has 0 spiro atoms. The van der Waals surface area contributed by atoms with E-state index in [0.29, 0.717) is 23.5 Å². The Morgan fingerprint density at radius 2 is 1.71 bits per heavy atom. The van der Waals surface area contributed by atoms with Gasteiger partial charge in [-0.05, 0) is 53.1 Å². The Labute approximate surface area is 138 Å². The van der Waals surface area contributed by atoms with Crippen LogP contribution in [0.3, 0.4) is 0 Å². The van der Waals surface area contributed by atoms with Gasteiger partial charge in [0, 0.05) is 17.7 Å². The minimum atomic E-state index is -1.73. The number of ether oxygens (including phenoxy) is 1. The average molecular weight is 328 g/mol. The molecule has 0 fully saturated rings. The summed E-state index contributed by atoms with van der Waals surface area (Å²) in [6.07, 6.45) is -0.915. The maximum atomic E-state index is 14.3. The maximum absolute atomic E-state index is 14.3. The fourth-order valence-electron chi connectivity index (χ4n) is 2.63. The van der Waals surface area contributed by atoms with Gasteiger partial charge in [0.2, 0.25) is 0 Å². The van der Waals surface area contributed by atoms with Crippen molar-refractivity contribution in [3.8, 4) is 16.9 Å². The standard InChI is InChI=1S/C20H15F3O/c1-2-24-17-7-8-18(19(21)12-17)16-6-5-14-9-13(10-20(22)23)3-4-15(14)11-16/h3-12H,2H2,1H3. The first-order chi connectivity index (χ1) is 11.6. The van der Waals surface area contributed by atoms with E-state index in [1.165, 1.54) is 6.07 Å². The molecule has 0 N–H and O–H groups in total. The molecule has 0 aromatic heterocycles. The summed E-state index contributed by atoms with van der Waals surface area (Å²) in [5.74, 6) is 0.128. The Kier molecular flexibility index (Phi) is 4.56. The van der Waals surface area contributed by atoms with Crippen LogP contribution in [-0.4, -0.2) is 6.61 Å². The highest BCUT2D eigenvalue weighted by Gasteiger charge is 2.08. The first kappa shape index (κ1) is 16.1. The molecule has 0 amide bonds. The lowest BCUT2D eigenvalue weighted by atomic mass is 9.99. The molecule has 0 saturated heterocycles. The van der Waals surface area contributed by atoms with Crippen LogP contribution in [0.2, 0.25) is 0 Å². The van der Waals surface area contributed by atoms with Crippen LogP contribution in [-0.2, 0) is 0 Å². The molecule has 0 aliphatic carbocycles. The van der Waals surface area contributed by atoms with Crippen LogP contribution in [0.4, 0.5) is 13.2 Å². The molecule has 0 unspecified atom stereocenters. The molecular formula is C20H15F3O. The number of benzene rings is 3. The van der Waals surface area contributed by atoms with Crippen LogP contribution in [0.15, 0.2) is 60.7 Å². The van der Waals surface area contributed by atoms with Crippen molar-refractivity contribution in [3.05, 3.63) is 72.1 Å². The van der Waals surface area contributed by atoms with Gasteiger partial charge in [-0.15, -0.1) is 0 Å². The fourth-order valence-corrected chi connectivity index (χ4v) is 2.63. The summed E-state index contributed by atoms with van der Waals surface area (Å²) in [5, 5.41) is 1.68. The van der Waals surface area contributed by atoms with Crippen molar-refractivity contribution >= 4 is 16.8 Å². The maximum Gasteiger partial charge on any atom is 0.270 e. The highest BCUT2D eigenvalue weighted by atomic mass is 19.3. The fraction of sp³-hybridized carbons (Fsp3) is 0.100. The van der Waals surface area contributed by atoms with Gasteiger partial charge in [0.15, 0.2) is 0 Å². The Morgan fingerprint density at radius 3 is 2.42 bits per heavy atom. The second-order valence-corrected chi connectivity index (χ2v) is 5.33. The van der Waals surface area contributed by atoms with Crippen LogP contribution >= 0.6 is 0 Å². The molecule has 0 bridgehead atoms. The van der Waals surface area contributed by atoms with Crippen molar-refractivity contribution in [2.45, 2.75) is 6.92 Å². The van der Waals surface area contributed by atoms with E-state index in [2.05, 4.69) is 0 Å². The molecule has 0 aliphatic rings. The smallest absolute Gasteiger partial charge is 0.270 e. The second kappa shape index (κ2) is 6.79. The lowest BCUT2D eigenvalue weighted by molar-refractivity contribution is 0.338. The molecular weight excluding hydrogens is 313 g/mol. The molecule has 4 heteroatoms. The Morgan fingerprint density at radius 1 is 0.958 bits per heavy atom. The van der Waals surface area contributed by atoms with Crippen molar-refractivity contribution in [1.29, 1.82) is 0 Å². The number of fused-ring (bicyclic) bond motifs is 1. The molecule has 3 aromatic carbocycles. The van der Waals surface area contributed by atoms with Gasteiger partial charge in [-0.2, -0.15) is 8.78 Å². The van der Waals surface area contributed by atoms with Crippen molar-refractivity contribution < 1.29 is 17.9 Å². The van der Waals surface area contributed by atoms with Crippen LogP contribution in [0.25, 0.3) is 28.0 Å². The minimum Gasteiger partial charge on any atom is -0.494 e. The van der Waals surface area contributed by atoms with E-state index in [1.54, 1.807) is 42.5 Å². The summed E-state index contributed by atoms with van der Waals surface area (Å²) in [7, 11) is 0. The second-order valence-electron chi connectivity index (χ2n) is 5.33. The Hall–Kier alpha value is -2.75. The summed E-state index contributed by atoms with van der Waals surface area (Å²) in [6.45, 7) is 2.32. The van der Waals surface area contributed by atoms with Crippen LogP contribution in [0.1, 0.15) is 12.5 Å². The molecule has 3 rings (SSSR count). The van der Waals surface area contributed by atoms with Gasteiger partial charge in [-0.1, -0.05) is 24.3 Å². The average Bonchev–Trinajstić information content (AvgIpc) is 2.54. The Bertz CT molecular complexity index is 912. The lowest BCUT2D eigenvalue weighted by Gasteiger charge is -2.08. The third kappa shape index (κ3) is 3.43. The highest BCUT2D eigenvalue weighted by Crippen LogP contribution is 2.29. The summed E-state index contributed by atoms with van der Waals surface area (Å²) in [6, 6.07) is 15.2. The van der Waals surface area contributed by atoms with E-state index in [-0.39, 0.29) is 5.82 Å². The molecule has 122 valence electrons. The quantitative estimate of drug-likeness (QED) is 0.547. The van der Waals surface area contributed by atoms with Gasteiger partial charge in [-0.25, -0.2) is 4.39 Å². The lowest BCUT2D eigenvalue weighted by Crippen LogP contribution is -1.93. The van der Waals surface area contributed by atoms with E-state index < -0.39 is 6.08 Å². The molecule has 0 heterocycles. The van der Waals surface area contributed by atoms with Gasteiger partial charge in [-0.3, -0.25) is 0 Å². The zero-order valence-electron chi connectivity index (χ0n) is 13.0. The zero-order chi connectivity index (χ0) is 17.1. The van der Waals surface area contributed by atoms with E-state index in [1.807, 2.05) is 13.0 Å². The third-order valence-electron chi connectivity index (χ3n) is 3.70. The largest absolute Gasteiger partial charge is 0.494 e. The molecule has 0 atom stereocenters. The predicted octanol–water partition coefficient (Wildman–Crippen LogP) is 6.28. The summed E-state index contributed by atoms with van der Waals surface area (Å²) < 4.78 is 44.3. The van der Waals surface area contributed by atoms with Crippen molar-refractivity contribution in [2.24, 2.45) is 0 Å². The normalized spacial score (nSPS) is 10.7. The third-order valence-corrected chi connectivity index (χ3v) is 3.70. The van der Waals surface area contributed by atoms with Gasteiger partial charge in [0.1, 0.15) is 11.6 Å². The Balaban J connectivity index is 2.00. The monoisotopic (exact) mass is 328 g/mol. The van der Waals surface area contributed by atoms with E-state index in [9.17, 15) is 13.2 Å². The predicted molar refractivity (Wildman–Crippen MR) is 90.7 cm³/mol. The molecule has 0 saturated carbocycles. The van der Waals surface area contributed by atoms with Gasteiger partial charge in [0.25, 0.3) is 6.08 Å². The van der Waals surface area contributed by atoms with E-state index >= 15 is 0 Å². The first-order valence-electron chi connectivity index (χ1n) is 7.56. The molecule has 0 aliphatic heterocycles. The number of hydrogen-bond donors (Lipinski definition) is 0. The zero-order valence-corrected chi connectivity index (χ0v) is 13.0. The van der Waals surface area contributed by atoms with E-state index in [4.69, 9.17) is 4.74 Å². The van der Waals surface area contributed by atoms with Crippen molar-refractivity contribution in [1.82, 2.24) is 0 Å². The van der Waals surface area contributed by atoms with Crippen molar-refractivity contribution in [2.75, 3.05) is 6.61 Å². The van der Waals surface area contributed by atoms with Crippen LogP contribution < -0.4 is 4.74 Å². The van der Waals surface area contributed by atoms with Gasteiger partial charge >= 0.3 is 0 Å². The molecule has 24 heavy (non-hydrogen) atoms. The summed E-state index contributed by atoms with van der Waals surface area (Å²) in [5.41, 5.74) is 1.63. The van der Waals surface area contributed by atoms with Gasteiger partial charge < -0.3 is 4.74 Å². The topological polar surface area (TPSA) is 9.23 Å². The van der Waals surface area contributed by atoms with Crippen molar-refractivity contribution in [3.63, 3.8) is 0 Å². The SMILES string of the molecule is CCOc1ccc(-c2ccc3cc(C=C(F)F)ccc3c2)c(F)c1. The molecule has 1 nitrogen and oxygen atoms in total. The number of halogens is 3. The van der Waals surface area contributed by atoms with Crippen LogP contribution in [0.5, 0.6) is 5.75 Å².